The molecule has 0 amide bonds. The highest BCUT2D eigenvalue weighted by molar-refractivity contribution is 6.05. The van der Waals surface area contributed by atoms with E-state index >= 15 is 0 Å². The second-order valence-corrected chi connectivity index (χ2v) is 7.61. The van der Waals surface area contributed by atoms with Crippen molar-refractivity contribution in [3.8, 4) is 34.1 Å². The van der Waals surface area contributed by atoms with Gasteiger partial charge in [0.25, 0.3) is 0 Å². The maximum Gasteiger partial charge on any atom is 0.231 e. The fourth-order valence-corrected chi connectivity index (χ4v) is 4.08. The average Bonchev–Trinajstić information content (AvgIpc) is 3.30. The lowest BCUT2D eigenvalue weighted by atomic mass is 9.85. The summed E-state index contributed by atoms with van der Waals surface area (Å²) in [5.41, 5.74) is 4.97. The monoisotopic (exact) mass is 362 g/mol. The minimum Gasteiger partial charge on any atom is -0.454 e. The van der Waals surface area contributed by atoms with Crippen LogP contribution in [0.25, 0.3) is 21.9 Å². The molecule has 27 heavy (non-hydrogen) atoms. The van der Waals surface area contributed by atoms with Crippen molar-refractivity contribution in [3.63, 3.8) is 0 Å². The quantitative estimate of drug-likeness (QED) is 0.619. The molecule has 3 aromatic rings. The average molecular weight is 362 g/mol. The lowest BCUT2D eigenvalue weighted by molar-refractivity contribution is 0.174. The third kappa shape index (κ3) is 2.59. The normalized spacial score (nSPS) is 14.4. The van der Waals surface area contributed by atoms with Crippen LogP contribution >= 0.6 is 0 Å². The van der Waals surface area contributed by atoms with Crippen molar-refractivity contribution in [2.45, 2.75) is 27.2 Å². The number of aryl methyl sites for hydroxylation is 1. The maximum absolute atomic E-state index is 5.89. The molecule has 0 aromatic heterocycles. The molecule has 4 heteroatoms. The third-order valence-corrected chi connectivity index (χ3v) is 5.24. The topological polar surface area (TPSA) is 36.9 Å². The molecule has 2 aliphatic rings. The van der Waals surface area contributed by atoms with E-state index in [9.17, 15) is 0 Å². The summed E-state index contributed by atoms with van der Waals surface area (Å²) >= 11 is 0. The first-order chi connectivity index (χ1) is 13.1. The minimum absolute atomic E-state index is 0.266. The Labute approximate surface area is 158 Å². The fourth-order valence-electron chi connectivity index (χ4n) is 4.08. The highest BCUT2D eigenvalue weighted by Gasteiger charge is 2.24. The van der Waals surface area contributed by atoms with E-state index in [0.29, 0.717) is 5.92 Å². The molecule has 0 atom stereocenters. The predicted octanol–water partition coefficient (Wildman–Crippen LogP) is 5.47. The molecule has 5 rings (SSSR count). The highest BCUT2D eigenvalue weighted by Crippen LogP contribution is 2.48. The minimum atomic E-state index is 0.266. The number of hydrogen-bond donors (Lipinski definition) is 0. The molecule has 0 bridgehead atoms. The summed E-state index contributed by atoms with van der Waals surface area (Å²) < 4.78 is 22.7. The summed E-state index contributed by atoms with van der Waals surface area (Å²) in [7, 11) is 0. The fraction of sp³-hybridized carbons (Fsp3) is 0.304. The Hall–Kier alpha value is -2.88. The third-order valence-electron chi connectivity index (χ3n) is 5.24. The summed E-state index contributed by atoms with van der Waals surface area (Å²) in [5, 5.41) is 2.28. The Kier molecular flexibility index (Phi) is 3.67. The Balaban J connectivity index is 1.85. The molecule has 0 radical (unpaired) electrons. The van der Waals surface area contributed by atoms with Crippen molar-refractivity contribution in [2.75, 3.05) is 13.6 Å². The number of ether oxygens (including phenoxy) is 4. The molecule has 0 spiro atoms. The van der Waals surface area contributed by atoms with Gasteiger partial charge in [0.05, 0.1) is 0 Å². The van der Waals surface area contributed by atoms with Gasteiger partial charge in [0.1, 0.15) is 0 Å². The molecule has 0 unspecified atom stereocenters. The molecule has 4 nitrogen and oxygen atoms in total. The molecule has 3 aromatic carbocycles. The maximum atomic E-state index is 5.89. The van der Waals surface area contributed by atoms with Gasteiger partial charge < -0.3 is 18.9 Å². The summed E-state index contributed by atoms with van der Waals surface area (Å²) in [6, 6.07) is 12.6. The van der Waals surface area contributed by atoms with Crippen LogP contribution in [0.3, 0.4) is 0 Å². The van der Waals surface area contributed by atoms with Gasteiger partial charge in [0.15, 0.2) is 23.0 Å². The molecule has 0 saturated heterocycles. The van der Waals surface area contributed by atoms with E-state index in [4.69, 9.17) is 18.9 Å². The second-order valence-electron chi connectivity index (χ2n) is 7.61. The first-order valence-corrected chi connectivity index (χ1v) is 9.36. The Morgan fingerprint density at radius 2 is 1.59 bits per heavy atom. The molecule has 0 fully saturated rings. The van der Waals surface area contributed by atoms with Gasteiger partial charge in [0.2, 0.25) is 13.6 Å². The zero-order chi connectivity index (χ0) is 18.5. The second kappa shape index (κ2) is 6.08. The zero-order valence-electron chi connectivity index (χ0n) is 15.8. The molecular weight excluding hydrogens is 340 g/mol. The van der Waals surface area contributed by atoms with E-state index in [2.05, 4.69) is 45.0 Å². The van der Waals surface area contributed by atoms with E-state index in [1.807, 2.05) is 12.1 Å². The largest absolute Gasteiger partial charge is 0.454 e. The number of hydrogen-bond acceptors (Lipinski definition) is 4. The van der Waals surface area contributed by atoms with E-state index < -0.39 is 0 Å². The number of benzene rings is 3. The SMILES string of the molecule is Cc1cc2ccc3c(c2c(-c2ccc4c(c2)OCO4)c1CC(C)C)OCO3. The van der Waals surface area contributed by atoms with Crippen LogP contribution in [-0.4, -0.2) is 13.6 Å². The van der Waals surface area contributed by atoms with Gasteiger partial charge in [-0.05, 0) is 65.1 Å². The Morgan fingerprint density at radius 1 is 0.852 bits per heavy atom. The number of fused-ring (bicyclic) bond motifs is 4. The smallest absolute Gasteiger partial charge is 0.231 e. The van der Waals surface area contributed by atoms with Crippen LogP contribution in [0.4, 0.5) is 0 Å². The van der Waals surface area contributed by atoms with Gasteiger partial charge in [0, 0.05) is 5.39 Å². The van der Waals surface area contributed by atoms with Gasteiger partial charge >= 0.3 is 0 Å². The molecule has 0 saturated carbocycles. The summed E-state index contributed by atoms with van der Waals surface area (Å²) in [4.78, 5) is 0. The molecule has 138 valence electrons. The van der Waals surface area contributed by atoms with Crippen molar-refractivity contribution in [1.82, 2.24) is 0 Å². The van der Waals surface area contributed by atoms with E-state index in [1.54, 1.807) is 0 Å². The van der Waals surface area contributed by atoms with Crippen LogP contribution in [0.15, 0.2) is 36.4 Å². The van der Waals surface area contributed by atoms with Crippen molar-refractivity contribution < 1.29 is 18.9 Å². The van der Waals surface area contributed by atoms with Gasteiger partial charge in [-0.3, -0.25) is 0 Å². The lowest BCUT2D eigenvalue weighted by Crippen LogP contribution is -2.02. The van der Waals surface area contributed by atoms with Crippen LogP contribution in [0.2, 0.25) is 0 Å². The van der Waals surface area contributed by atoms with Crippen LogP contribution in [0.1, 0.15) is 25.0 Å². The first-order valence-electron chi connectivity index (χ1n) is 9.36. The standard InChI is InChI=1S/C23H22O4/c1-13(2)8-17-14(3)9-15-5-7-19-23(27-12-25-19)22(15)21(17)16-4-6-18-20(10-16)26-11-24-18/h4-7,9-10,13H,8,11-12H2,1-3H3. The van der Waals surface area contributed by atoms with Crippen LogP contribution in [-0.2, 0) is 6.42 Å². The molecular formula is C23H22O4. The Bertz CT molecular complexity index is 1050. The van der Waals surface area contributed by atoms with Gasteiger partial charge in [-0.1, -0.05) is 32.0 Å². The van der Waals surface area contributed by atoms with Gasteiger partial charge in [-0.15, -0.1) is 0 Å². The van der Waals surface area contributed by atoms with Crippen LogP contribution in [0, 0.1) is 12.8 Å². The lowest BCUT2D eigenvalue weighted by Gasteiger charge is -2.19. The van der Waals surface area contributed by atoms with E-state index in [0.717, 1.165) is 45.8 Å². The zero-order valence-corrected chi connectivity index (χ0v) is 15.8. The van der Waals surface area contributed by atoms with E-state index in [-0.39, 0.29) is 13.6 Å². The van der Waals surface area contributed by atoms with Gasteiger partial charge in [-0.2, -0.15) is 0 Å². The summed E-state index contributed by atoms with van der Waals surface area (Å²) in [5.74, 6) is 3.78. The van der Waals surface area contributed by atoms with Gasteiger partial charge in [-0.25, -0.2) is 0 Å². The van der Waals surface area contributed by atoms with E-state index in [1.165, 1.54) is 16.7 Å². The molecule has 0 N–H and O–H groups in total. The summed E-state index contributed by atoms with van der Waals surface area (Å²) in [6.07, 6.45) is 0.996. The predicted molar refractivity (Wildman–Crippen MR) is 105 cm³/mol. The summed E-state index contributed by atoms with van der Waals surface area (Å²) in [6.45, 7) is 7.24. The molecule has 0 aliphatic carbocycles. The van der Waals surface area contributed by atoms with Crippen molar-refractivity contribution in [1.29, 1.82) is 0 Å². The van der Waals surface area contributed by atoms with Crippen LogP contribution in [0.5, 0.6) is 23.0 Å². The molecule has 2 aliphatic heterocycles. The van der Waals surface area contributed by atoms with Crippen molar-refractivity contribution >= 4 is 10.8 Å². The van der Waals surface area contributed by atoms with Crippen molar-refractivity contribution in [2.24, 2.45) is 5.92 Å². The van der Waals surface area contributed by atoms with Crippen LogP contribution < -0.4 is 18.9 Å². The Morgan fingerprint density at radius 3 is 2.44 bits per heavy atom. The molecule has 2 heterocycles. The highest BCUT2D eigenvalue weighted by atomic mass is 16.7. The number of rotatable bonds is 3. The first kappa shape index (κ1) is 16.3. The van der Waals surface area contributed by atoms with Crippen molar-refractivity contribution in [3.05, 3.63) is 47.5 Å².